The highest BCUT2D eigenvalue weighted by molar-refractivity contribution is 6.13. The summed E-state index contributed by atoms with van der Waals surface area (Å²) in [7, 11) is 1.76. The minimum Gasteiger partial charge on any atom is -0.316 e. The van der Waals surface area contributed by atoms with Crippen molar-refractivity contribution in [3.05, 3.63) is 71.8 Å². The van der Waals surface area contributed by atoms with Gasteiger partial charge >= 0.3 is 5.97 Å². The van der Waals surface area contributed by atoms with Gasteiger partial charge in [-0.1, -0.05) is 65.8 Å². The van der Waals surface area contributed by atoms with Crippen LogP contribution >= 0.6 is 0 Å². The molecule has 0 spiro atoms. The predicted molar refractivity (Wildman–Crippen MR) is 84.4 cm³/mol. The van der Waals surface area contributed by atoms with Gasteiger partial charge in [0.25, 0.3) is 0 Å². The maximum atomic E-state index is 11.2. The minimum absolute atomic E-state index is 0.136. The molecular formula is C17H15N3O2. The molecule has 22 heavy (non-hydrogen) atoms. The summed E-state index contributed by atoms with van der Waals surface area (Å²) < 4.78 is 0. The third kappa shape index (κ3) is 3.03. The molecular weight excluding hydrogens is 278 g/mol. The molecule has 1 aliphatic heterocycles. The summed E-state index contributed by atoms with van der Waals surface area (Å²) >= 11 is 0. The third-order valence-electron chi connectivity index (χ3n) is 3.27. The zero-order valence-electron chi connectivity index (χ0n) is 12.1. The Morgan fingerprint density at radius 3 is 2.05 bits per heavy atom. The fourth-order valence-corrected chi connectivity index (χ4v) is 2.15. The van der Waals surface area contributed by atoms with Gasteiger partial charge in [0.1, 0.15) is 6.42 Å². The minimum atomic E-state index is -0.363. The van der Waals surface area contributed by atoms with E-state index >= 15 is 0 Å². The number of nitrogens with zero attached hydrogens (tertiary/aromatic N) is 3. The summed E-state index contributed by atoms with van der Waals surface area (Å²) in [6, 6.07) is 19.8. The molecule has 5 heteroatoms. The summed E-state index contributed by atoms with van der Waals surface area (Å²) in [5, 5.41) is 9.95. The molecule has 0 aliphatic carbocycles. The Balaban J connectivity index is 1.99. The van der Waals surface area contributed by atoms with Crippen LogP contribution in [0.3, 0.4) is 0 Å². The number of carbonyl (C=O) groups excluding carboxylic acids is 1. The van der Waals surface area contributed by atoms with Crippen molar-refractivity contribution in [3.63, 3.8) is 0 Å². The van der Waals surface area contributed by atoms with E-state index in [1.54, 1.807) is 12.1 Å². The second-order valence-electron chi connectivity index (χ2n) is 4.85. The quantitative estimate of drug-likeness (QED) is 0.496. The van der Waals surface area contributed by atoms with Crippen molar-refractivity contribution in [1.29, 1.82) is 0 Å². The van der Waals surface area contributed by atoms with Crippen LogP contribution in [0.5, 0.6) is 0 Å². The first-order chi connectivity index (χ1) is 10.7. The molecule has 0 bridgehead atoms. The first-order valence-corrected chi connectivity index (χ1v) is 6.94. The van der Waals surface area contributed by atoms with Crippen molar-refractivity contribution in [2.24, 2.45) is 10.3 Å². The lowest BCUT2D eigenvalue weighted by atomic mass is 10.0. The second-order valence-corrected chi connectivity index (χ2v) is 4.85. The van der Waals surface area contributed by atoms with Crippen molar-refractivity contribution in [2.45, 2.75) is 6.42 Å². The van der Waals surface area contributed by atoms with E-state index in [1.165, 1.54) is 0 Å². The molecule has 0 radical (unpaired) electrons. The highest BCUT2D eigenvalue weighted by Crippen LogP contribution is 2.13. The van der Waals surface area contributed by atoms with E-state index in [0.717, 1.165) is 16.8 Å². The smallest absolute Gasteiger partial charge is 0.316 e. The van der Waals surface area contributed by atoms with E-state index in [2.05, 4.69) is 15.1 Å². The number of amidine groups is 1. The van der Waals surface area contributed by atoms with Crippen LogP contribution in [0.4, 0.5) is 0 Å². The summed E-state index contributed by atoms with van der Waals surface area (Å²) in [5.74, 6) is 0.132. The number of rotatable bonds is 3. The van der Waals surface area contributed by atoms with E-state index in [-0.39, 0.29) is 12.4 Å². The molecule has 0 fully saturated rings. The lowest BCUT2D eigenvalue weighted by Crippen LogP contribution is -2.23. The van der Waals surface area contributed by atoms with Gasteiger partial charge in [0.2, 0.25) is 0 Å². The average Bonchev–Trinajstić information content (AvgIpc) is 3.01. The normalized spacial score (nSPS) is 13.3. The SMILES string of the molecule is CN(N=C(c1ccccc1)c1ccccc1)C1=NOC(=O)C1. The number of carbonyl (C=O) groups is 1. The largest absolute Gasteiger partial charge is 0.342 e. The topological polar surface area (TPSA) is 54.3 Å². The molecule has 2 aromatic rings. The molecule has 2 aromatic carbocycles. The molecule has 0 saturated carbocycles. The number of oxime groups is 1. The number of benzene rings is 2. The van der Waals surface area contributed by atoms with Gasteiger partial charge in [-0.25, -0.2) is 4.79 Å². The third-order valence-corrected chi connectivity index (χ3v) is 3.27. The molecule has 0 amide bonds. The highest BCUT2D eigenvalue weighted by atomic mass is 16.7. The first-order valence-electron chi connectivity index (χ1n) is 6.94. The second kappa shape index (κ2) is 6.22. The fraction of sp³-hybridized carbons (Fsp3) is 0.118. The summed E-state index contributed by atoms with van der Waals surface area (Å²) in [4.78, 5) is 15.8. The Hall–Kier alpha value is -2.95. The Kier molecular flexibility index (Phi) is 3.96. The van der Waals surface area contributed by atoms with Gasteiger partial charge in [-0.2, -0.15) is 5.10 Å². The molecule has 0 unspecified atom stereocenters. The average molecular weight is 293 g/mol. The predicted octanol–water partition coefficient (Wildman–Crippen LogP) is 2.63. The highest BCUT2D eigenvalue weighted by Gasteiger charge is 2.21. The van der Waals surface area contributed by atoms with Gasteiger partial charge in [-0.15, -0.1) is 0 Å². The van der Waals surface area contributed by atoms with Crippen LogP contribution in [0, 0.1) is 0 Å². The Morgan fingerprint density at radius 1 is 1.05 bits per heavy atom. The summed E-state index contributed by atoms with van der Waals surface area (Å²) in [5.41, 5.74) is 2.79. The maximum absolute atomic E-state index is 11.2. The van der Waals surface area contributed by atoms with Crippen LogP contribution in [-0.2, 0) is 9.63 Å². The van der Waals surface area contributed by atoms with E-state index in [9.17, 15) is 4.79 Å². The van der Waals surface area contributed by atoms with E-state index in [4.69, 9.17) is 0 Å². The monoisotopic (exact) mass is 293 g/mol. The number of hydrazone groups is 1. The van der Waals surface area contributed by atoms with Gasteiger partial charge in [0.15, 0.2) is 5.84 Å². The van der Waals surface area contributed by atoms with Crippen LogP contribution < -0.4 is 0 Å². The molecule has 5 nitrogen and oxygen atoms in total. The van der Waals surface area contributed by atoms with Crippen molar-refractivity contribution >= 4 is 17.5 Å². The zero-order valence-corrected chi connectivity index (χ0v) is 12.1. The molecule has 0 atom stereocenters. The van der Waals surface area contributed by atoms with Gasteiger partial charge in [-0.05, 0) is 0 Å². The Bertz CT molecular complexity index is 683. The molecule has 3 rings (SSSR count). The van der Waals surface area contributed by atoms with E-state index < -0.39 is 0 Å². The van der Waals surface area contributed by atoms with Gasteiger partial charge in [0, 0.05) is 18.2 Å². The van der Waals surface area contributed by atoms with Crippen LogP contribution in [0.15, 0.2) is 70.9 Å². The summed E-state index contributed by atoms with van der Waals surface area (Å²) in [6.07, 6.45) is 0.136. The van der Waals surface area contributed by atoms with Gasteiger partial charge in [0.05, 0.1) is 5.71 Å². The first kappa shape index (κ1) is 14.0. The molecule has 110 valence electrons. The standard InChI is InChI=1S/C17H15N3O2/c1-20(15-12-16(21)22-19-15)18-17(13-8-4-2-5-9-13)14-10-6-3-7-11-14/h2-11H,12H2,1H3. The number of hydrogen-bond donors (Lipinski definition) is 0. The molecule has 0 aromatic heterocycles. The van der Waals surface area contributed by atoms with Crippen molar-refractivity contribution in [1.82, 2.24) is 5.01 Å². The van der Waals surface area contributed by atoms with Crippen LogP contribution in [0.25, 0.3) is 0 Å². The van der Waals surface area contributed by atoms with Gasteiger partial charge < -0.3 is 4.84 Å². The van der Waals surface area contributed by atoms with Gasteiger partial charge in [-0.3, -0.25) is 5.01 Å². The van der Waals surface area contributed by atoms with Crippen LogP contribution in [0.2, 0.25) is 0 Å². The molecule has 1 heterocycles. The molecule has 1 aliphatic rings. The molecule has 0 saturated heterocycles. The van der Waals surface area contributed by atoms with Crippen LogP contribution in [-0.4, -0.2) is 29.6 Å². The maximum Gasteiger partial charge on any atom is 0.342 e. The van der Waals surface area contributed by atoms with E-state index in [0.29, 0.717) is 5.84 Å². The number of hydrogen-bond acceptors (Lipinski definition) is 5. The lowest BCUT2D eigenvalue weighted by molar-refractivity contribution is -0.140. The Labute approximate surface area is 128 Å². The van der Waals surface area contributed by atoms with Crippen molar-refractivity contribution in [2.75, 3.05) is 7.05 Å². The van der Waals surface area contributed by atoms with E-state index in [1.807, 2.05) is 60.7 Å². The lowest BCUT2D eigenvalue weighted by Gasteiger charge is -2.14. The Morgan fingerprint density at radius 2 is 1.59 bits per heavy atom. The molecule has 0 N–H and O–H groups in total. The zero-order chi connectivity index (χ0) is 15.4. The van der Waals surface area contributed by atoms with Crippen molar-refractivity contribution in [3.8, 4) is 0 Å². The summed E-state index contributed by atoms with van der Waals surface area (Å²) in [6.45, 7) is 0. The van der Waals surface area contributed by atoms with Crippen molar-refractivity contribution < 1.29 is 9.63 Å². The fourth-order valence-electron chi connectivity index (χ4n) is 2.15. The van der Waals surface area contributed by atoms with Crippen LogP contribution in [0.1, 0.15) is 17.5 Å².